The first-order chi connectivity index (χ1) is 6.24. The van der Waals surface area contributed by atoms with Gasteiger partial charge in [-0.15, -0.1) is 0 Å². The van der Waals surface area contributed by atoms with Crippen molar-refractivity contribution in [3.05, 3.63) is 11.7 Å². The van der Waals surface area contributed by atoms with Crippen LogP contribution in [0, 0.1) is 0 Å². The van der Waals surface area contributed by atoms with Crippen molar-refractivity contribution in [2.75, 3.05) is 13.2 Å². The Morgan fingerprint density at radius 2 is 2.38 bits per heavy atom. The molecule has 0 saturated carbocycles. The number of hydrogen-bond donors (Lipinski definition) is 0. The van der Waals surface area contributed by atoms with Crippen LogP contribution in [-0.4, -0.2) is 23.4 Å². The van der Waals surface area contributed by atoms with E-state index in [1.807, 2.05) is 6.92 Å². The summed E-state index contributed by atoms with van der Waals surface area (Å²) in [5.41, 5.74) is -0.0551. The predicted molar refractivity (Wildman–Crippen MR) is 46.5 cm³/mol. The van der Waals surface area contributed by atoms with Gasteiger partial charge in [0, 0.05) is 13.0 Å². The molecule has 1 fully saturated rings. The molecular weight excluding hydrogens is 168 g/mol. The Bertz CT molecular complexity index is 290. The summed E-state index contributed by atoms with van der Waals surface area (Å²) >= 11 is 0. The van der Waals surface area contributed by atoms with E-state index in [1.165, 1.54) is 0 Å². The van der Waals surface area contributed by atoms with Crippen LogP contribution in [0.3, 0.4) is 0 Å². The number of aromatic nitrogens is 2. The SMILES string of the molecule is CCc1noc(C2(C)CCOC2)n1. The molecule has 0 spiro atoms. The molecule has 1 aromatic rings. The molecule has 0 N–H and O–H groups in total. The molecule has 1 aliphatic heterocycles. The lowest BCUT2D eigenvalue weighted by Crippen LogP contribution is -2.22. The van der Waals surface area contributed by atoms with Crippen LogP contribution in [0.5, 0.6) is 0 Å². The van der Waals surface area contributed by atoms with E-state index < -0.39 is 0 Å². The van der Waals surface area contributed by atoms with Gasteiger partial charge in [-0.1, -0.05) is 12.1 Å². The third-order valence-electron chi connectivity index (χ3n) is 2.52. The molecule has 0 amide bonds. The van der Waals surface area contributed by atoms with E-state index in [0.29, 0.717) is 6.61 Å². The highest BCUT2D eigenvalue weighted by atomic mass is 16.5. The highest BCUT2D eigenvalue weighted by molar-refractivity contribution is 5.05. The molecule has 0 aromatic carbocycles. The van der Waals surface area contributed by atoms with Crippen LogP contribution in [0.15, 0.2) is 4.52 Å². The number of hydrogen-bond acceptors (Lipinski definition) is 4. The molecule has 0 aliphatic carbocycles. The van der Waals surface area contributed by atoms with Gasteiger partial charge in [0.1, 0.15) is 0 Å². The van der Waals surface area contributed by atoms with Crippen LogP contribution in [0.25, 0.3) is 0 Å². The summed E-state index contributed by atoms with van der Waals surface area (Å²) in [6.07, 6.45) is 1.79. The highest BCUT2D eigenvalue weighted by Gasteiger charge is 2.37. The maximum absolute atomic E-state index is 5.33. The van der Waals surface area contributed by atoms with Crippen molar-refractivity contribution in [2.24, 2.45) is 0 Å². The van der Waals surface area contributed by atoms with Crippen molar-refractivity contribution in [3.8, 4) is 0 Å². The second kappa shape index (κ2) is 3.10. The lowest BCUT2D eigenvalue weighted by molar-refractivity contribution is 0.169. The van der Waals surface area contributed by atoms with Gasteiger partial charge in [0.05, 0.1) is 12.0 Å². The highest BCUT2D eigenvalue weighted by Crippen LogP contribution is 2.31. The molecule has 4 nitrogen and oxygen atoms in total. The Hall–Kier alpha value is -0.900. The first kappa shape index (κ1) is 8.69. The Balaban J connectivity index is 2.23. The molecule has 0 bridgehead atoms. The molecule has 72 valence electrons. The second-order valence-corrected chi connectivity index (χ2v) is 3.73. The van der Waals surface area contributed by atoms with E-state index in [0.717, 1.165) is 31.2 Å². The Morgan fingerprint density at radius 3 is 2.92 bits per heavy atom. The summed E-state index contributed by atoms with van der Waals surface area (Å²) in [5.74, 6) is 1.50. The van der Waals surface area contributed by atoms with Crippen LogP contribution in [-0.2, 0) is 16.6 Å². The Kier molecular flexibility index (Phi) is 2.07. The quantitative estimate of drug-likeness (QED) is 0.692. The molecule has 2 rings (SSSR count). The van der Waals surface area contributed by atoms with Crippen molar-refractivity contribution in [1.29, 1.82) is 0 Å². The van der Waals surface area contributed by atoms with Gasteiger partial charge in [-0.3, -0.25) is 0 Å². The van der Waals surface area contributed by atoms with Gasteiger partial charge < -0.3 is 9.26 Å². The van der Waals surface area contributed by atoms with Gasteiger partial charge in [-0.25, -0.2) is 0 Å². The van der Waals surface area contributed by atoms with Crippen LogP contribution < -0.4 is 0 Å². The lowest BCUT2D eigenvalue weighted by Gasteiger charge is -2.14. The molecular formula is C9H14N2O2. The van der Waals surface area contributed by atoms with Crippen LogP contribution >= 0.6 is 0 Å². The zero-order valence-electron chi connectivity index (χ0n) is 8.04. The van der Waals surface area contributed by atoms with Crippen molar-refractivity contribution in [1.82, 2.24) is 10.1 Å². The zero-order chi connectivity index (χ0) is 9.31. The fraction of sp³-hybridized carbons (Fsp3) is 0.778. The lowest BCUT2D eigenvalue weighted by atomic mass is 9.90. The maximum atomic E-state index is 5.33. The standard InChI is InChI=1S/C9H14N2O2/c1-3-7-10-8(13-11-7)9(2)4-5-12-6-9/h3-6H2,1-2H3. The predicted octanol–water partition coefficient (Wildman–Crippen LogP) is 1.31. The minimum Gasteiger partial charge on any atom is -0.380 e. The van der Waals surface area contributed by atoms with Gasteiger partial charge >= 0.3 is 0 Å². The van der Waals surface area contributed by atoms with E-state index in [2.05, 4.69) is 17.1 Å². The van der Waals surface area contributed by atoms with Crippen LogP contribution in [0.4, 0.5) is 0 Å². The third kappa shape index (κ3) is 1.46. The Morgan fingerprint density at radius 1 is 1.54 bits per heavy atom. The molecule has 1 unspecified atom stereocenters. The molecule has 2 heterocycles. The first-order valence-corrected chi connectivity index (χ1v) is 4.65. The Labute approximate surface area is 77.3 Å². The smallest absolute Gasteiger partial charge is 0.235 e. The van der Waals surface area contributed by atoms with E-state index in [-0.39, 0.29) is 5.41 Å². The summed E-state index contributed by atoms with van der Waals surface area (Å²) in [5, 5.41) is 3.88. The van der Waals surface area contributed by atoms with Crippen molar-refractivity contribution >= 4 is 0 Å². The van der Waals surface area contributed by atoms with Crippen LogP contribution in [0.1, 0.15) is 32.0 Å². The van der Waals surface area contributed by atoms with Crippen molar-refractivity contribution in [2.45, 2.75) is 32.1 Å². The second-order valence-electron chi connectivity index (χ2n) is 3.73. The molecule has 4 heteroatoms. The van der Waals surface area contributed by atoms with Crippen molar-refractivity contribution < 1.29 is 9.26 Å². The summed E-state index contributed by atoms with van der Waals surface area (Å²) in [7, 11) is 0. The largest absolute Gasteiger partial charge is 0.380 e. The molecule has 1 aromatic heterocycles. The summed E-state index contributed by atoms with van der Waals surface area (Å²) in [6.45, 7) is 5.60. The van der Waals surface area contributed by atoms with Gasteiger partial charge in [-0.2, -0.15) is 4.98 Å². The number of aryl methyl sites for hydroxylation is 1. The van der Waals surface area contributed by atoms with Gasteiger partial charge in [0.25, 0.3) is 0 Å². The number of ether oxygens (including phenoxy) is 1. The minimum atomic E-state index is -0.0551. The van der Waals surface area contributed by atoms with E-state index in [1.54, 1.807) is 0 Å². The third-order valence-corrected chi connectivity index (χ3v) is 2.52. The normalized spacial score (nSPS) is 28.2. The first-order valence-electron chi connectivity index (χ1n) is 4.65. The van der Waals surface area contributed by atoms with Gasteiger partial charge in [0.15, 0.2) is 5.82 Å². The van der Waals surface area contributed by atoms with Crippen LogP contribution in [0.2, 0.25) is 0 Å². The average Bonchev–Trinajstić information content (AvgIpc) is 2.72. The number of rotatable bonds is 2. The summed E-state index contributed by atoms with van der Waals surface area (Å²) in [4.78, 5) is 4.32. The van der Waals surface area contributed by atoms with Gasteiger partial charge in [0.2, 0.25) is 5.89 Å². The van der Waals surface area contributed by atoms with Gasteiger partial charge in [-0.05, 0) is 13.3 Å². The fourth-order valence-electron chi connectivity index (χ4n) is 1.48. The average molecular weight is 182 g/mol. The summed E-state index contributed by atoms with van der Waals surface area (Å²) in [6, 6.07) is 0. The van der Waals surface area contributed by atoms with E-state index >= 15 is 0 Å². The number of nitrogens with zero attached hydrogens (tertiary/aromatic N) is 2. The molecule has 1 saturated heterocycles. The minimum absolute atomic E-state index is 0.0551. The monoisotopic (exact) mass is 182 g/mol. The molecule has 1 atom stereocenters. The molecule has 13 heavy (non-hydrogen) atoms. The topological polar surface area (TPSA) is 48.2 Å². The van der Waals surface area contributed by atoms with E-state index in [4.69, 9.17) is 9.26 Å². The van der Waals surface area contributed by atoms with Crippen molar-refractivity contribution in [3.63, 3.8) is 0 Å². The zero-order valence-corrected chi connectivity index (χ0v) is 8.04. The maximum Gasteiger partial charge on any atom is 0.235 e. The fourth-order valence-corrected chi connectivity index (χ4v) is 1.48. The summed E-state index contributed by atoms with van der Waals surface area (Å²) < 4.78 is 10.5. The van der Waals surface area contributed by atoms with E-state index in [9.17, 15) is 0 Å². The molecule has 1 aliphatic rings. The molecule has 0 radical (unpaired) electrons.